The van der Waals surface area contributed by atoms with E-state index < -0.39 is 0 Å². The van der Waals surface area contributed by atoms with Gasteiger partial charge in [-0.25, -0.2) is 0 Å². The molecule has 0 aliphatic carbocycles. The van der Waals surface area contributed by atoms with Gasteiger partial charge in [0.25, 0.3) is 5.91 Å². The van der Waals surface area contributed by atoms with Gasteiger partial charge in [-0.05, 0) is 18.2 Å². The van der Waals surface area contributed by atoms with Gasteiger partial charge in [0.1, 0.15) is 0 Å². The number of benzene rings is 1. The summed E-state index contributed by atoms with van der Waals surface area (Å²) in [6, 6.07) is 5.52. The minimum atomic E-state index is -0.0693. The molecule has 6 heteroatoms. The SMILES string of the molecule is Nc1ccc2[nH]cc(C(=O)NCCN3CCOCC3)c2c1. The highest BCUT2D eigenvalue weighted by Gasteiger charge is 2.13. The summed E-state index contributed by atoms with van der Waals surface area (Å²) >= 11 is 0. The first-order valence-electron chi connectivity index (χ1n) is 7.19. The molecule has 1 aliphatic heterocycles. The van der Waals surface area contributed by atoms with Crippen LogP contribution in [0, 0.1) is 0 Å². The highest BCUT2D eigenvalue weighted by atomic mass is 16.5. The summed E-state index contributed by atoms with van der Waals surface area (Å²) in [7, 11) is 0. The van der Waals surface area contributed by atoms with Crippen LogP contribution in [-0.4, -0.2) is 55.2 Å². The molecule has 2 heterocycles. The Labute approximate surface area is 123 Å². The molecule has 1 aromatic carbocycles. The van der Waals surface area contributed by atoms with E-state index in [1.165, 1.54) is 0 Å². The van der Waals surface area contributed by atoms with E-state index in [4.69, 9.17) is 10.5 Å². The van der Waals surface area contributed by atoms with Crippen molar-refractivity contribution in [3.8, 4) is 0 Å². The number of carbonyl (C=O) groups excluding carboxylic acids is 1. The number of nitrogens with two attached hydrogens (primary N) is 1. The first-order valence-corrected chi connectivity index (χ1v) is 7.19. The van der Waals surface area contributed by atoms with Gasteiger partial charge in [0.15, 0.2) is 0 Å². The van der Waals surface area contributed by atoms with E-state index in [1.807, 2.05) is 18.2 Å². The van der Waals surface area contributed by atoms with Crippen molar-refractivity contribution in [1.29, 1.82) is 0 Å². The van der Waals surface area contributed by atoms with Crippen LogP contribution in [0.25, 0.3) is 10.9 Å². The molecule has 1 fully saturated rings. The maximum Gasteiger partial charge on any atom is 0.253 e. The summed E-state index contributed by atoms with van der Waals surface area (Å²) in [5.41, 5.74) is 8.00. The number of H-pyrrole nitrogens is 1. The molecule has 0 unspecified atom stereocenters. The number of carbonyl (C=O) groups is 1. The number of nitrogens with one attached hydrogen (secondary N) is 2. The number of anilines is 1. The van der Waals surface area contributed by atoms with Gasteiger partial charge in [-0.1, -0.05) is 0 Å². The fourth-order valence-corrected chi connectivity index (χ4v) is 2.57. The molecule has 0 saturated carbocycles. The van der Waals surface area contributed by atoms with Gasteiger partial charge in [-0.15, -0.1) is 0 Å². The van der Waals surface area contributed by atoms with Gasteiger partial charge < -0.3 is 20.8 Å². The second kappa shape index (κ2) is 6.15. The molecule has 3 rings (SSSR count). The molecule has 0 atom stereocenters. The van der Waals surface area contributed by atoms with E-state index in [1.54, 1.807) is 6.20 Å². The van der Waals surface area contributed by atoms with Crippen molar-refractivity contribution in [1.82, 2.24) is 15.2 Å². The van der Waals surface area contributed by atoms with Crippen molar-refractivity contribution >= 4 is 22.5 Å². The van der Waals surface area contributed by atoms with Crippen LogP contribution < -0.4 is 11.1 Å². The minimum absolute atomic E-state index is 0.0693. The Bertz CT molecular complexity index is 632. The first-order chi connectivity index (χ1) is 10.2. The van der Waals surface area contributed by atoms with E-state index in [-0.39, 0.29) is 5.91 Å². The molecule has 112 valence electrons. The molecule has 1 aromatic heterocycles. The van der Waals surface area contributed by atoms with E-state index in [0.717, 1.165) is 43.8 Å². The number of morpholine rings is 1. The number of fused-ring (bicyclic) bond motifs is 1. The normalized spacial score (nSPS) is 16.2. The lowest BCUT2D eigenvalue weighted by Crippen LogP contribution is -2.41. The summed E-state index contributed by atoms with van der Waals surface area (Å²) < 4.78 is 5.30. The third-order valence-electron chi connectivity index (χ3n) is 3.77. The van der Waals surface area contributed by atoms with Crippen molar-refractivity contribution < 1.29 is 9.53 Å². The Morgan fingerprint density at radius 1 is 1.38 bits per heavy atom. The third-order valence-corrected chi connectivity index (χ3v) is 3.77. The van der Waals surface area contributed by atoms with Crippen LogP contribution in [0.4, 0.5) is 5.69 Å². The van der Waals surface area contributed by atoms with Gasteiger partial charge in [0, 0.05) is 49.0 Å². The van der Waals surface area contributed by atoms with Crippen molar-refractivity contribution in [3.63, 3.8) is 0 Å². The standard InChI is InChI=1S/C15H20N4O2/c16-11-1-2-14-12(9-11)13(10-18-14)15(20)17-3-4-19-5-7-21-8-6-19/h1-2,9-10,18H,3-8,16H2,(H,17,20). The van der Waals surface area contributed by atoms with E-state index >= 15 is 0 Å². The number of aromatic nitrogens is 1. The predicted molar refractivity (Wildman–Crippen MR) is 82.3 cm³/mol. The highest BCUT2D eigenvalue weighted by Crippen LogP contribution is 2.20. The Morgan fingerprint density at radius 3 is 3.00 bits per heavy atom. The summed E-state index contributed by atoms with van der Waals surface area (Å²) in [5.74, 6) is -0.0693. The van der Waals surface area contributed by atoms with Crippen LogP contribution >= 0.6 is 0 Å². The molecule has 0 radical (unpaired) electrons. The summed E-state index contributed by atoms with van der Waals surface area (Å²) in [6.07, 6.45) is 1.73. The number of nitrogen functional groups attached to an aromatic ring is 1. The van der Waals surface area contributed by atoms with Gasteiger partial charge in [-0.3, -0.25) is 9.69 Å². The minimum Gasteiger partial charge on any atom is -0.399 e. The zero-order chi connectivity index (χ0) is 14.7. The largest absolute Gasteiger partial charge is 0.399 e. The molecule has 1 aliphatic rings. The van der Waals surface area contributed by atoms with Crippen LogP contribution in [-0.2, 0) is 4.74 Å². The van der Waals surface area contributed by atoms with Crippen LogP contribution in [0.3, 0.4) is 0 Å². The van der Waals surface area contributed by atoms with Crippen LogP contribution in [0.1, 0.15) is 10.4 Å². The Hall–Kier alpha value is -2.05. The maximum absolute atomic E-state index is 12.3. The van der Waals surface area contributed by atoms with Crippen LogP contribution in [0.15, 0.2) is 24.4 Å². The Balaban J connectivity index is 1.60. The van der Waals surface area contributed by atoms with Crippen molar-refractivity contribution in [2.75, 3.05) is 45.1 Å². The molecule has 1 saturated heterocycles. The van der Waals surface area contributed by atoms with E-state index in [2.05, 4.69) is 15.2 Å². The summed E-state index contributed by atoms with van der Waals surface area (Å²) in [6.45, 7) is 4.89. The Kier molecular flexibility index (Phi) is 4.08. The molecule has 21 heavy (non-hydrogen) atoms. The lowest BCUT2D eigenvalue weighted by molar-refractivity contribution is 0.0383. The number of hydrogen-bond donors (Lipinski definition) is 3. The topological polar surface area (TPSA) is 83.4 Å². The average molecular weight is 288 g/mol. The number of nitrogens with zero attached hydrogens (tertiary/aromatic N) is 1. The number of ether oxygens (including phenoxy) is 1. The smallest absolute Gasteiger partial charge is 0.253 e. The lowest BCUT2D eigenvalue weighted by atomic mass is 10.1. The molecule has 2 aromatic rings. The molecule has 4 N–H and O–H groups in total. The van der Waals surface area contributed by atoms with Gasteiger partial charge in [-0.2, -0.15) is 0 Å². The molecule has 0 bridgehead atoms. The maximum atomic E-state index is 12.3. The molecule has 1 amide bonds. The van der Waals surface area contributed by atoms with Crippen LogP contribution in [0.2, 0.25) is 0 Å². The first kappa shape index (κ1) is 13.9. The summed E-state index contributed by atoms with van der Waals surface area (Å²) in [4.78, 5) is 17.6. The zero-order valence-corrected chi connectivity index (χ0v) is 11.9. The van der Waals surface area contributed by atoms with E-state index in [9.17, 15) is 4.79 Å². The molecule has 0 spiro atoms. The molecular weight excluding hydrogens is 268 g/mol. The van der Waals surface area contributed by atoms with Crippen LogP contribution in [0.5, 0.6) is 0 Å². The Morgan fingerprint density at radius 2 is 2.19 bits per heavy atom. The number of hydrogen-bond acceptors (Lipinski definition) is 4. The number of aromatic amines is 1. The second-order valence-electron chi connectivity index (χ2n) is 5.22. The zero-order valence-electron chi connectivity index (χ0n) is 11.9. The average Bonchev–Trinajstić information content (AvgIpc) is 2.91. The quantitative estimate of drug-likeness (QED) is 0.727. The monoisotopic (exact) mass is 288 g/mol. The summed E-state index contributed by atoms with van der Waals surface area (Å²) in [5, 5.41) is 3.82. The molecular formula is C15H20N4O2. The van der Waals surface area contributed by atoms with Gasteiger partial charge in [0.2, 0.25) is 0 Å². The fraction of sp³-hybridized carbons (Fsp3) is 0.400. The predicted octanol–water partition coefficient (Wildman–Crippen LogP) is 0.812. The van der Waals surface area contributed by atoms with E-state index in [0.29, 0.717) is 17.8 Å². The lowest BCUT2D eigenvalue weighted by Gasteiger charge is -2.26. The van der Waals surface area contributed by atoms with Crippen molar-refractivity contribution in [3.05, 3.63) is 30.0 Å². The highest BCUT2D eigenvalue weighted by molar-refractivity contribution is 6.07. The third kappa shape index (κ3) is 3.17. The van der Waals surface area contributed by atoms with Gasteiger partial charge in [0.05, 0.1) is 18.8 Å². The number of rotatable bonds is 4. The van der Waals surface area contributed by atoms with Gasteiger partial charge >= 0.3 is 0 Å². The van der Waals surface area contributed by atoms with Crippen molar-refractivity contribution in [2.45, 2.75) is 0 Å². The second-order valence-corrected chi connectivity index (χ2v) is 5.22. The number of amides is 1. The fourth-order valence-electron chi connectivity index (χ4n) is 2.57. The van der Waals surface area contributed by atoms with Crippen molar-refractivity contribution in [2.24, 2.45) is 0 Å². The molecule has 6 nitrogen and oxygen atoms in total.